The zero-order valence-electron chi connectivity index (χ0n) is 13.3. The second kappa shape index (κ2) is 6.41. The standard InChI is InChI=1S/C19H27NO.ClH/c21-18-4-2-1-3-17(18)13-20-6-5-19-10-14-7-15(11-19)9-16(8-14)12-19;/h1-4,14-16,20-21H,5-13H2;1H. The molecule has 0 radical (unpaired) electrons. The summed E-state index contributed by atoms with van der Waals surface area (Å²) in [6.45, 7) is 1.89. The normalized spacial score (nSPS) is 35.4. The molecule has 4 saturated carbocycles. The number of hydrogen-bond acceptors (Lipinski definition) is 2. The zero-order chi connectivity index (χ0) is 14.3. The number of hydrogen-bond donors (Lipinski definition) is 2. The average Bonchev–Trinajstić information content (AvgIpc) is 2.44. The molecule has 1 aromatic carbocycles. The molecule has 5 rings (SSSR count). The summed E-state index contributed by atoms with van der Waals surface area (Å²) < 4.78 is 0. The van der Waals surface area contributed by atoms with Crippen molar-refractivity contribution in [1.29, 1.82) is 0 Å². The Labute approximate surface area is 140 Å². The number of aromatic hydroxyl groups is 1. The molecule has 0 heterocycles. The number of phenols is 1. The molecule has 3 heteroatoms. The zero-order valence-corrected chi connectivity index (χ0v) is 14.1. The van der Waals surface area contributed by atoms with Crippen LogP contribution in [0.25, 0.3) is 0 Å². The summed E-state index contributed by atoms with van der Waals surface area (Å²) in [6, 6.07) is 7.66. The van der Waals surface area contributed by atoms with Crippen LogP contribution in [-0.2, 0) is 6.54 Å². The van der Waals surface area contributed by atoms with Gasteiger partial charge in [-0.2, -0.15) is 0 Å². The summed E-state index contributed by atoms with van der Waals surface area (Å²) in [4.78, 5) is 0. The largest absolute Gasteiger partial charge is 0.508 e. The van der Waals surface area contributed by atoms with E-state index in [1.54, 1.807) is 6.07 Å². The fraction of sp³-hybridized carbons (Fsp3) is 0.684. The van der Waals surface area contributed by atoms with Gasteiger partial charge < -0.3 is 10.4 Å². The van der Waals surface area contributed by atoms with Gasteiger partial charge in [0.1, 0.15) is 5.75 Å². The third-order valence-corrected chi connectivity index (χ3v) is 6.30. The van der Waals surface area contributed by atoms with Crippen LogP contribution in [-0.4, -0.2) is 11.7 Å². The van der Waals surface area contributed by atoms with Gasteiger partial charge in [0, 0.05) is 12.1 Å². The van der Waals surface area contributed by atoms with E-state index >= 15 is 0 Å². The van der Waals surface area contributed by atoms with Crippen molar-refractivity contribution in [3.05, 3.63) is 29.8 Å². The van der Waals surface area contributed by atoms with E-state index in [4.69, 9.17) is 0 Å². The van der Waals surface area contributed by atoms with E-state index in [-0.39, 0.29) is 12.4 Å². The SMILES string of the molecule is Cl.Oc1ccccc1CNCCC12CC3CC(CC(C3)C1)C2. The Morgan fingerprint density at radius 1 is 1.00 bits per heavy atom. The fourth-order valence-electron chi connectivity index (χ4n) is 5.83. The average molecular weight is 322 g/mol. The second-order valence-electron chi connectivity index (χ2n) is 7.97. The van der Waals surface area contributed by atoms with E-state index in [1.807, 2.05) is 18.2 Å². The van der Waals surface area contributed by atoms with Gasteiger partial charge in [-0.05, 0) is 80.7 Å². The Morgan fingerprint density at radius 2 is 1.59 bits per heavy atom. The number of halogens is 1. The number of phenolic OH excluding ortho intramolecular Hbond substituents is 1. The molecule has 0 unspecified atom stereocenters. The van der Waals surface area contributed by atoms with Gasteiger partial charge in [0.2, 0.25) is 0 Å². The van der Waals surface area contributed by atoms with Gasteiger partial charge in [0.05, 0.1) is 0 Å². The van der Waals surface area contributed by atoms with Crippen LogP contribution in [0.5, 0.6) is 5.75 Å². The predicted octanol–water partition coefficient (Wildman–Crippen LogP) is 4.51. The molecule has 4 fully saturated rings. The summed E-state index contributed by atoms with van der Waals surface area (Å²) in [5, 5.41) is 13.4. The highest BCUT2D eigenvalue weighted by Gasteiger charge is 2.50. The monoisotopic (exact) mass is 321 g/mol. The van der Waals surface area contributed by atoms with Gasteiger partial charge in [-0.15, -0.1) is 12.4 Å². The molecule has 0 aromatic heterocycles. The van der Waals surface area contributed by atoms with Crippen LogP contribution in [0, 0.1) is 23.2 Å². The first-order chi connectivity index (χ1) is 10.2. The van der Waals surface area contributed by atoms with E-state index < -0.39 is 0 Å². The Balaban J connectivity index is 0.00000144. The molecule has 22 heavy (non-hydrogen) atoms. The Bertz CT molecular complexity index is 481. The van der Waals surface area contributed by atoms with Crippen molar-refractivity contribution >= 4 is 12.4 Å². The van der Waals surface area contributed by atoms with Crippen molar-refractivity contribution in [2.45, 2.75) is 51.5 Å². The molecule has 0 aliphatic heterocycles. The summed E-state index contributed by atoms with van der Waals surface area (Å²) in [5.41, 5.74) is 1.68. The van der Waals surface area contributed by atoms with Gasteiger partial charge in [-0.3, -0.25) is 0 Å². The quantitative estimate of drug-likeness (QED) is 0.782. The highest BCUT2D eigenvalue weighted by Crippen LogP contribution is 2.61. The molecule has 4 aliphatic carbocycles. The molecule has 0 saturated heterocycles. The van der Waals surface area contributed by atoms with E-state index in [1.165, 1.54) is 44.9 Å². The van der Waals surface area contributed by atoms with Gasteiger partial charge in [-0.25, -0.2) is 0 Å². The van der Waals surface area contributed by atoms with Crippen molar-refractivity contribution in [1.82, 2.24) is 5.32 Å². The molecular formula is C19H28ClNO. The molecule has 2 N–H and O–H groups in total. The lowest BCUT2D eigenvalue weighted by Crippen LogP contribution is -2.47. The van der Waals surface area contributed by atoms with Crippen LogP contribution >= 0.6 is 12.4 Å². The van der Waals surface area contributed by atoms with Gasteiger partial charge in [0.25, 0.3) is 0 Å². The maximum absolute atomic E-state index is 9.80. The number of benzene rings is 1. The van der Waals surface area contributed by atoms with Gasteiger partial charge in [0.15, 0.2) is 0 Å². The minimum atomic E-state index is 0. The minimum Gasteiger partial charge on any atom is -0.508 e. The number of nitrogens with one attached hydrogen (secondary N) is 1. The lowest BCUT2D eigenvalue weighted by atomic mass is 9.49. The van der Waals surface area contributed by atoms with Crippen molar-refractivity contribution in [2.24, 2.45) is 23.2 Å². The van der Waals surface area contributed by atoms with E-state index in [0.29, 0.717) is 11.2 Å². The first kappa shape index (κ1) is 16.1. The Hall–Kier alpha value is -0.730. The fourth-order valence-corrected chi connectivity index (χ4v) is 5.83. The molecule has 1 aromatic rings. The van der Waals surface area contributed by atoms with Crippen LogP contribution in [0.2, 0.25) is 0 Å². The second-order valence-corrected chi connectivity index (χ2v) is 7.97. The Morgan fingerprint density at radius 3 is 2.18 bits per heavy atom. The maximum atomic E-state index is 9.80. The lowest BCUT2D eigenvalue weighted by Gasteiger charge is -2.57. The van der Waals surface area contributed by atoms with Gasteiger partial charge >= 0.3 is 0 Å². The maximum Gasteiger partial charge on any atom is 0.120 e. The van der Waals surface area contributed by atoms with Crippen molar-refractivity contribution in [3.63, 3.8) is 0 Å². The molecular weight excluding hydrogens is 294 g/mol. The molecule has 122 valence electrons. The lowest BCUT2D eigenvalue weighted by molar-refractivity contribution is -0.0567. The number of rotatable bonds is 5. The van der Waals surface area contributed by atoms with E-state index in [9.17, 15) is 5.11 Å². The molecule has 4 aliphatic rings. The van der Waals surface area contributed by atoms with Crippen LogP contribution in [0.4, 0.5) is 0 Å². The summed E-state index contributed by atoms with van der Waals surface area (Å²) in [5.74, 6) is 3.57. The third kappa shape index (κ3) is 3.14. The first-order valence-electron chi connectivity index (χ1n) is 8.70. The molecule has 0 spiro atoms. The van der Waals surface area contributed by atoms with Crippen LogP contribution in [0.1, 0.15) is 50.5 Å². The molecule has 4 bridgehead atoms. The van der Waals surface area contributed by atoms with E-state index in [2.05, 4.69) is 5.32 Å². The van der Waals surface area contributed by atoms with Crippen molar-refractivity contribution in [2.75, 3.05) is 6.54 Å². The number of para-hydroxylation sites is 1. The molecule has 2 nitrogen and oxygen atoms in total. The Kier molecular flexibility index (Phi) is 4.70. The smallest absolute Gasteiger partial charge is 0.120 e. The third-order valence-electron chi connectivity index (χ3n) is 6.30. The summed E-state index contributed by atoms with van der Waals surface area (Å²) in [6.07, 6.45) is 10.4. The first-order valence-corrected chi connectivity index (χ1v) is 8.70. The topological polar surface area (TPSA) is 32.3 Å². The van der Waals surface area contributed by atoms with E-state index in [0.717, 1.165) is 36.4 Å². The van der Waals surface area contributed by atoms with Crippen molar-refractivity contribution < 1.29 is 5.11 Å². The van der Waals surface area contributed by atoms with Crippen LogP contribution in [0.3, 0.4) is 0 Å². The van der Waals surface area contributed by atoms with Crippen LogP contribution in [0.15, 0.2) is 24.3 Å². The van der Waals surface area contributed by atoms with Crippen molar-refractivity contribution in [3.8, 4) is 5.75 Å². The summed E-state index contributed by atoms with van der Waals surface area (Å²) >= 11 is 0. The predicted molar refractivity (Wildman–Crippen MR) is 92.3 cm³/mol. The summed E-state index contributed by atoms with van der Waals surface area (Å²) in [7, 11) is 0. The molecule has 0 amide bonds. The van der Waals surface area contributed by atoms with Gasteiger partial charge in [-0.1, -0.05) is 18.2 Å². The molecule has 0 atom stereocenters. The van der Waals surface area contributed by atoms with Crippen LogP contribution < -0.4 is 5.32 Å². The minimum absolute atomic E-state index is 0. The highest BCUT2D eigenvalue weighted by molar-refractivity contribution is 5.85. The highest BCUT2D eigenvalue weighted by atomic mass is 35.5.